The van der Waals surface area contributed by atoms with Crippen molar-refractivity contribution in [3.63, 3.8) is 0 Å². The van der Waals surface area contributed by atoms with E-state index in [1.807, 2.05) is 36.1 Å². The summed E-state index contributed by atoms with van der Waals surface area (Å²) in [6.45, 7) is 2.75. The Morgan fingerprint density at radius 3 is 3.00 bits per heavy atom. The van der Waals surface area contributed by atoms with Crippen LogP contribution in [0.25, 0.3) is 5.69 Å². The molecule has 0 spiro atoms. The Morgan fingerprint density at radius 1 is 1.41 bits per heavy atom. The molecule has 1 amide bonds. The lowest BCUT2D eigenvalue weighted by Gasteiger charge is -2.38. The second kappa shape index (κ2) is 6.27. The predicted molar refractivity (Wildman–Crippen MR) is 83.7 cm³/mol. The minimum Gasteiger partial charge on any atom is -0.334 e. The molecule has 6 heteroatoms. The van der Waals surface area contributed by atoms with Gasteiger partial charge in [0.15, 0.2) is 0 Å². The summed E-state index contributed by atoms with van der Waals surface area (Å²) < 4.78 is 1.65. The predicted octanol–water partition coefficient (Wildman–Crippen LogP) is 1.61. The van der Waals surface area contributed by atoms with Crippen LogP contribution in [0.3, 0.4) is 0 Å². The molecule has 1 fully saturated rings. The lowest BCUT2D eigenvalue weighted by molar-refractivity contribution is 0.0584. The number of aromatic nitrogens is 3. The Hall–Kier alpha value is -2.21. The number of rotatable bonds is 3. The minimum absolute atomic E-state index is 0.0113. The Balaban J connectivity index is 1.86. The number of carbonyl (C=O) groups excluding carboxylic acids is 1. The van der Waals surface area contributed by atoms with Gasteiger partial charge in [-0.1, -0.05) is 6.07 Å². The number of nitrogens with two attached hydrogens (primary N) is 1. The van der Waals surface area contributed by atoms with Crippen LogP contribution in [0.1, 0.15) is 36.5 Å². The van der Waals surface area contributed by atoms with Gasteiger partial charge in [-0.2, -0.15) is 5.10 Å². The number of hydrogen-bond acceptors (Lipinski definition) is 4. The summed E-state index contributed by atoms with van der Waals surface area (Å²) in [5.74, 6) is 0.0453. The Labute approximate surface area is 129 Å². The van der Waals surface area contributed by atoms with Crippen LogP contribution in [-0.4, -0.2) is 44.2 Å². The summed E-state index contributed by atoms with van der Waals surface area (Å²) in [5.41, 5.74) is 7.56. The van der Waals surface area contributed by atoms with E-state index >= 15 is 0 Å². The van der Waals surface area contributed by atoms with Crippen molar-refractivity contribution in [1.29, 1.82) is 0 Å². The zero-order chi connectivity index (χ0) is 15.5. The summed E-state index contributed by atoms with van der Waals surface area (Å²) in [7, 11) is 0. The molecule has 0 saturated carbocycles. The molecule has 1 aromatic heterocycles. The molecule has 2 N–H and O–H groups in total. The number of hydrogen-bond donors (Lipinski definition) is 1. The Kier molecular flexibility index (Phi) is 4.20. The average molecular weight is 299 g/mol. The van der Waals surface area contributed by atoms with Crippen LogP contribution in [0.4, 0.5) is 0 Å². The molecular weight excluding hydrogens is 278 g/mol. The highest BCUT2D eigenvalue weighted by atomic mass is 16.2. The first kappa shape index (κ1) is 14.7. The maximum Gasteiger partial charge on any atom is 0.254 e. The normalized spacial score (nSPS) is 19.9. The molecule has 2 aromatic rings. The highest BCUT2D eigenvalue weighted by molar-refractivity contribution is 5.95. The molecule has 2 atom stereocenters. The van der Waals surface area contributed by atoms with Gasteiger partial charge in [-0.15, -0.1) is 0 Å². The molecule has 1 saturated heterocycles. The van der Waals surface area contributed by atoms with Crippen LogP contribution in [0, 0.1) is 0 Å². The number of carbonyl (C=O) groups is 1. The van der Waals surface area contributed by atoms with E-state index in [1.165, 1.54) is 6.33 Å². The van der Waals surface area contributed by atoms with Gasteiger partial charge in [-0.05, 0) is 44.4 Å². The van der Waals surface area contributed by atoms with Gasteiger partial charge in [-0.3, -0.25) is 4.79 Å². The molecule has 116 valence electrons. The second-order valence-electron chi connectivity index (χ2n) is 5.81. The van der Waals surface area contributed by atoms with Gasteiger partial charge >= 0.3 is 0 Å². The van der Waals surface area contributed by atoms with Crippen molar-refractivity contribution >= 4 is 5.91 Å². The van der Waals surface area contributed by atoms with Gasteiger partial charge in [0.1, 0.15) is 12.7 Å². The van der Waals surface area contributed by atoms with Gasteiger partial charge in [0, 0.05) is 24.2 Å². The molecule has 0 bridgehead atoms. The average Bonchev–Trinajstić information content (AvgIpc) is 3.09. The molecule has 2 heterocycles. The van der Waals surface area contributed by atoms with E-state index in [-0.39, 0.29) is 18.0 Å². The van der Waals surface area contributed by atoms with Crippen molar-refractivity contribution in [2.75, 3.05) is 6.54 Å². The van der Waals surface area contributed by atoms with E-state index in [2.05, 4.69) is 10.1 Å². The smallest absolute Gasteiger partial charge is 0.254 e. The fourth-order valence-corrected chi connectivity index (χ4v) is 3.04. The molecule has 0 aliphatic carbocycles. The summed E-state index contributed by atoms with van der Waals surface area (Å²) in [5, 5.41) is 4.10. The highest BCUT2D eigenvalue weighted by Gasteiger charge is 2.29. The molecule has 22 heavy (non-hydrogen) atoms. The molecular formula is C16H21N5O. The number of piperidine rings is 1. The van der Waals surface area contributed by atoms with Gasteiger partial charge in [-0.25, -0.2) is 9.67 Å². The molecule has 0 radical (unpaired) electrons. The third-order valence-corrected chi connectivity index (χ3v) is 4.19. The van der Waals surface area contributed by atoms with Gasteiger partial charge < -0.3 is 10.6 Å². The van der Waals surface area contributed by atoms with Gasteiger partial charge in [0.25, 0.3) is 5.91 Å². The quantitative estimate of drug-likeness (QED) is 0.934. The number of likely N-dealkylation sites (tertiary alicyclic amines) is 1. The molecule has 1 aliphatic heterocycles. The number of benzene rings is 1. The van der Waals surface area contributed by atoms with E-state index in [9.17, 15) is 4.79 Å². The van der Waals surface area contributed by atoms with E-state index in [1.54, 1.807) is 11.0 Å². The zero-order valence-corrected chi connectivity index (χ0v) is 12.7. The summed E-state index contributed by atoms with van der Waals surface area (Å²) >= 11 is 0. The van der Waals surface area contributed by atoms with Crippen LogP contribution in [0.15, 0.2) is 36.9 Å². The monoisotopic (exact) mass is 299 g/mol. The summed E-state index contributed by atoms with van der Waals surface area (Å²) in [6, 6.07) is 7.58. The van der Waals surface area contributed by atoms with Crippen molar-refractivity contribution in [3.8, 4) is 5.69 Å². The van der Waals surface area contributed by atoms with E-state index < -0.39 is 0 Å². The minimum atomic E-state index is -0.0113. The zero-order valence-electron chi connectivity index (χ0n) is 12.7. The van der Waals surface area contributed by atoms with Crippen molar-refractivity contribution in [3.05, 3.63) is 42.5 Å². The first-order chi connectivity index (χ1) is 10.7. The van der Waals surface area contributed by atoms with Gasteiger partial charge in [0.2, 0.25) is 0 Å². The SMILES string of the molecule is C[C@H](N)[C@H]1CCCCN1C(=O)c1cccc(-n2cncn2)c1. The maximum absolute atomic E-state index is 12.9. The first-order valence-corrected chi connectivity index (χ1v) is 7.68. The molecule has 1 aromatic carbocycles. The van der Waals surface area contributed by atoms with Crippen LogP contribution < -0.4 is 5.73 Å². The molecule has 0 unspecified atom stereocenters. The number of amides is 1. The van der Waals surface area contributed by atoms with Crippen molar-refractivity contribution < 1.29 is 4.79 Å². The fraction of sp³-hybridized carbons (Fsp3) is 0.438. The Bertz CT molecular complexity index is 638. The second-order valence-corrected chi connectivity index (χ2v) is 5.81. The third kappa shape index (κ3) is 2.87. The third-order valence-electron chi connectivity index (χ3n) is 4.19. The molecule has 1 aliphatic rings. The molecule has 6 nitrogen and oxygen atoms in total. The van der Waals surface area contributed by atoms with E-state index in [4.69, 9.17) is 5.73 Å². The maximum atomic E-state index is 12.9. The molecule has 3 rings (SSSR count). The highest BCUT2D eigenvalue weighted by Crippen LogP contribution is 2.22. The lowest BCUT2D eigenvalue weighted by atomic mass is 9.96. The Morgan fingerprint density at radius 2 is 2.27 bits per heavy atom. The van der Waals surface area contributed by atoms with Crippen LogP contribution in [0.2, 0.25) is 0 Å². The fourth-order valence-electron chi connectivity index (χ4n) is 3.04. The topological polar surface area (TPSA) is 77.0 Å². The lowest BCUT2D eigenvalue weighted by Crippen LogP contribution is -2.51. The van der Waals surface area contributed by atoms with Crippen LogP contribution >= 0.6 is 0 Å². The largest absolute Gasteiger partial charge is 0.334 e. The standard InChI is InChI=1S/C16H21N5O/c1-12(17)15-7-2-3-8-20(15)16(22)13-5-4-6-14(9-13)21-11-18-10-19-21/h4-6,9-12,15H,2-3,7-8,17H2,1H3/t12-,15+/m0/s1. The first-order valence-electron chi connectivity index (χ1n) is 7.68. The van der Waals surface area contributed by atoms with Crippen molar-refractivity contribution in [1.82, 2.24) is 19.7 Å². The van der Waals surface area contributed by atoms with Crippen LogP contribution in [0.5, 0.6) is 0 Å². The van der Waals surface area contributed by atoms with E-state index in [0.717, 1.165) is 31.5 Å². The van der Waals surface area contributed by atoms with Gasteiger partial charge in [0.05, 0.1) is 5.69 Å². The van der Waals surface area contributed by atoms with Crippen molar-refractivity contribution in [2.45, 2.75) is 38.3 Å². The summed E-state index contributed by atoms with van der Waals surface area (Å²) in [4.78, 5) is 18.7. The van der Waals surface area contributed by atoms with Crippen molar-refractivity contribution in [2.24, 2.45) is 5.73 Å². The van der Waals surface area contributed by atoms with Crippen LogP contribution in [-0.2, 0) is 0 Å². The van der Waals surface area contributed by atoms with E-state index in [0.29, 0.717) is 5.56 Å². The number of nitrogens with zero attached hydrogens (tertiary/aromatic N) is 4. The summed E-state index contributed by atoms with van der Waals surface area (Å²) in [6.07, 6.45) is 6.25.